The van der Waals surface area contributed by atoms with Gasteiger partial charge in [0.05, 0.1) is 0 Å². The molecule has 1 aromatic carbocycles. The monoisotopic (exact) mass is 381 g/mol. The molecule has 0 radical (unpaired) electrons. The third-order valence-corrected chi connectivity index (χ3v) is 5.50. The molecular weight excluding hydrogens is 362 g/mol. The van der Waals surface area contributed by atoms with Gasteiger partial charge in [0.15, 0.2) is 12.4 Å². The standard InChI is InChI=1S/C19H19N5O2S/c1-11-5-7-13(8-6-11)21-19-23-16(22-18(20)24-19)10-26-17(25)15-9-12-3-2-4-14(12)27-15/h5-9H,2-4,10H2,1H3,(H3,20,21,22,23,24). The van der Waals surface area contributed by atoms with Crippen LogP contribution < -0.4 is 11.1 Å². The van der Waals surface area contributed by atoms with E-state index in [4.69, 9.17) is 10.5 Å². The van der Waals surface area contributed by atoms with Crippen LogP contribution in [0.15, 0.2) is 30.3 Å². The summed E-state index contributed by atoms with van der Waals surface area (Å²) in [6, 6.07) is 9.74. The molecule has 0 saturated heterocycles. The first kappa shape index (κ1) is 17.4. The third kappa shape index (κ3) is 4.06. The Hall–Kier alpha value is -3.00. The molecule has 3 N–H and O–H groups in total. The van der Waals surface area contributed by atoms with Crippen LogP contribution in [0.2, 0.25) is 0 Å². The Labute approximate surface area is 160 Å². The van der Waals surface area contributed by atoms with Gasteiger partial charge in [-0.25, -0.2) is 4.79 Å². The Bertz CT molecular complexity index is 963. The number of anilines is 3. The minimum absolute atomic E-state index is 0.0588. The molecule has 1 aliphatic carbocycles. The fourth-order valence-electron chi connectivity index (χ4n) is 2.96. The predicted molar refractivity (Wildman–Crippen MR) is 104 cm³/mol. The zero-order valence-electron chi connectivity index (χ0n) is 14.9. The lowest BCUT2D eigenvalue weighted by Crippen LogP contribution is -2.10. The third-order valence-electron chi connectivity index (χ3n) is 4.29. The number of ether oxygens (including phenoxy) is 1. The molecule has 1 aliphatic rings. The summed E-state index contributed by atoms with van der Waals surface area (Å²) >= 11 is 1.51. The number of nitrogen functional groups attached to an aromatic ring is 1. The lowest BCUT2D eigenvalue weighted by atomic mass is 10.2. The van der Waals surface area contributed by atoms with Crippen molar-refractivity contribution in [2.24, 2.45) is 0 Å². The summed E-state index contributed by atoms with van der Waals surface area (Å²) in [5.74, 6) is 0.323. The quantitative estimate of drug-likeness (QED) is 0.653. The van der Waals surface area contributed by atoms with Gasteiger partial charge in [-0.15, -0.1) is 11.3 Å². The molecule has 2 heterocycles. The number of thiophene rings is 1. The van der Waals surface area contributed by atoms with E-state index in [1.54, 1.807) is 0 Å². The van der Waals surface area contributed by atoms with E-state index in [0.29, 0.717) is 16.6 Å². The molecule has 0 spiro atoms. The van der Waals surface area contributed by atoms with Gasteiger partial charge in [0.1, 0.15) is 4.88 Å². The van der Waals surface area contributed by atoms with E-state index in [2.05, 4.69) is 20.3 Å². The second kappa shape index (κ2) is 7.32. The maximum atomic E-state index is 12.3. The van der Waals surface area contributed by atoms with E-state index in [1.165, 1.54) is 21.8 Å². The highest BCUT2D eigenvalue weighted by Gasteiger charge is 2.19. The molecule has 0 amide bonds. The van der Waals surface area contributed by atoms with Crippen LogP contribution in [-0.4, -0.2) is 20.9 Å². The smallest absolute Gasteiger partial charge is 0.348 e. The van der Waals surface area contributed by atoms with E-state index in [9.17, 15) is 4.79 Å². The lowest BCUT2D eigenvalue weighted by molar-refractivity contribution is 0.0468. The first-order valence-electron chi connectivity index (χ1n) is 8.69. The minimum Gasteiger partial charge on any atom is -0.453 e. The first-order chi connectivity index (χ1) is 13.1. The number of carbonyl (C=O) groups excluding carboxylic acids is 1. The lowest BCUT2D eigenvalue weighted by Gasteiger charge is -2.08. The summed E-state index contributed by atoms with van der Waals surface area (Å²) in [6.45, 7) is 1.95. The number of fused-ring (bicyclic) bond motifs is 1. The molecular formula is C19H19N5O2S. The molecule has 0 fully saturated rings. The second-order valence-electron chi connectivity index (χ2n) is 6.41. The van der Waals surface area contributed by atoms with Crippen LogP contribution in [0.25, 0.3) is 0 Å². The van der Waals surface area contributed by atoms with Crippen molar-refractivity contribution in [3.8, 4) is 0 Å². The van der Waals surface area contributed by atoms with Crippen molar-refractivity contribution in [2.45, 2.75) is 32.8 Å². The number of rotatable bonds is 5. The Morgan fingerprint density at radius 2 is 2.04 bits per heavy atom. The normalized spacial score (nSPS) is 12.6. The van der Waals surface area contributed by atoms with Gasteiger partial charge in [-0.3, -0.25) is 0 Å². The number of carbonyl (C=O) groups is 1. The molecule has 138 valence electrons. The van der Waals surface area contributed by atoms with Crippen LogP contribution in [0.1, 0.15) is 37.9 Å². The van der Waals surface area contributed by atoms with Crippen LogP contribution in [-0.2, 0) is 24.2 Å². The zero-order chi connectivity index (χ0) is 18.8. The van der Waals surface area contributed by atoms with Crippen LogP contribution >= 0.6 is 11.3 Å². The average Bonchev–Trinajstić information content (AvgIpc) is 3.23. The summed E-state index contributed by atoms with van der Waals surface area (Å²) in [6.07, 6.45) is 3.25. The summed E-state index contributed by atoms with van der Waals surface area (Å²) < 4.78 is 5.36. The van der Waals surface area contributed by atoms with Crippen molar-refractivity contribution in [3.05, 3.63) is 57.0 Å². The molecule has 0 atom stereocenters. The predicted octanol–water partition coefficient (Wildman–Crippen LogP) is 3.41. The van der Waals surface area contributed by atoms with Gasteiger partial charge in [0.2, 0.25) is 11.9 Å². The van der Waals surface area contributed by atoms with Gasteiger partial charge >= 0.3 is 5.97 Å². The van der Waals surface area contributed by atoms with E-state index in [-0.39, 0.29) is 18.5 Å². The van der Waals surface area contributed by atoms with Crippen molar-refractivity contribution in [1.29, 1.82) is 0 Å². The number of nitrogens with zero attached hydrogens (tertiary/aromatic N) is 3. The molecule has 7 nitrogen and oxygen atoms in total. The SMILES string of the molecule is Cc1ccc(Nc2nc(N)nc(COC(=O)c3cc4c(s3)CCC4)n2)cc1. The largest absolute Gasteiger partial charge is 0.453 e. The highest BCUT2D eigenvalue weighted by atomic mass is 32.1. The minimum atomic E-state index is -0.360. The number of aryl methyl sites for hydroxylation is 3. The van der Waals surface area contributed by atoms with E-state index >= 15 is 0 Å². The van der Waals surface area contributed by atoms with Crippen LogP contribution in [0.4, 0.5) is 17.6 Å². The first-order valence-corrected chi connectivity index (χ1v) is 9.51. The molecule has 2 aromatic heterocycles. The van der Waals surface area contributed by atoms with Crippen molar-refractivity contribution in [3.63, 3.8) is 0 Å². The van der Waals surface area contributed by atoms with Gasteiger partial charge in [0.25, 0.3) is 0 Å². The summed E-state index contributed by atoms with van der Waals surface area (Å²) in [5.41, 5.74) is 9.02. The van der Waals surface area contributed by atoms with Crippen molar-refractivity contribution in [2.75, 3.05) is 11.1 Å². The van der Waals surface area contributed by atoms with E-state index in [0.717, 1.165) is 30.5 Å². The zero-order valence-corrected chi connectivity index (χ0v) is 15.7. The maximum Gasteiger partial charge on any atom is 0.348 e. The van der Waals surface area contributed by atoms with Crippen molar-refractivity contribution < 1.29 is 9.53 Å². The van der Waals surface area contributed by atoms with Gasteiger partial charge in [-0.05, 0) is 49.9 Å². The Morgan fingerprint density at radius 1 is 1.22 bits per heavy atom. The fourth-order valence-corrected chi connectivity index (χ4v) is 4.10. The molecule has 0 saturated carbocycles. The highest BCUT2D eigenvalue weighted by molar-refractivity contribution is 7.14. The summed E-state index contributed by atoms with van der Waals surface area (Å²) in [4.78, 5) is 26.6. The van der Waals surface area contributed by atoms with Crippen molar-refractivity contribution in [1.82, 2.24) is 15.0 Å². The fraction of sp³-hybridized carbons (Fsp3) is 0.263. The van der Waals surface area contributed by atoms with Crippen LogP contribution in [0, 0.1) is 6.92 Å². The van der Waals surface area contributed by atoms with Crippen molar-refractivity contribution >= 4 is 34.9 Å². The molecule has 0 bridgehead atoms. The number of nitrogens with two attached hydrogens (primary N) is 1. The molecule has 0 aliphatic heterocycles. The van der Waals surface area contributed by atoms with Crippen LogP contribution in [0.3, 0.4) is 0 Å². The molecule has 0 unspecified atom stereocenters. The number of aromatic nitrogens is 3. The highest BCUT2D eigenvalue weighted by Crippen LogP contribution is 2.31. The van der Waals surface area contributed by atoms with Gasteiger partial charge in [-0.2, -0.15) is 15.0 Å². The average molecular weight is 381 g/mol. The number of hydrogen-bond donors (Lipinski definition) is 2. The summed E-state index contributed by atoms with van der Waals surface area (Å²) in [5, 5.41) is 3.08. The molecule has 4 rings (SSSR count). The number of esters is 1. The Kier molecular flexibility index (Phi) is 4.72. The van der Waals surface area contributed by atoms with Gasteiger partial charge < -0.3 is 15.8 Å². The molecule has 27 heavy (non-hydrogen) atoms. The summed E-state index contributed by atoms with van der Waals surface area (Å²) in [7, 11) is 0. The number of benzene rings is 1. The van der Waals surface area contributed by atoms with E-state index < -0.39 is 0 Å². The van der Waals surface area contributed by atoms with E-state index in [1.807, 2.05) is 37.3 Å². The van der Waals surface area contributed by atoms with Gasteiger partial charge in [0, 0.05) is 10.6 Å². The second-order valence-corrected chi connectivity index (χ2v) is 7.55. The van der Waals surface area contributed by atoms with Gasteiger partial charge in [-0.1, -0.05) is 17.7 Å². The molecule has 8 heteroatoms. The Balaban J connectivity index is 1.43. The van der Waals surface area contributed by atoms with Crippen LogP contribution in [0.5, 0.6) is 0 Å². The number of hydrogen-bond acceptors (Lipinski definition) is 8. The molecule has 3 aromatic rings. The number of nitrogens with one attached hydrogen (secondary N) is 1. The maximum absolute atomic E-state index is 12.3. The Morgan fingerprint density at radius 3 is 2.81 bits per heavy atom. The topological polar surface area (TPSA) is 103 Å².